The van der Waals surface area contributed by atoms with E-state index in [1.807, 2.05) is 47.8 Å². The lowest BCUT2D eigenvalue weighted by Gasteiger charge is -2.31. The van der Waals surface area contributed by atoms with Crippen LogP contribution in [-0.2, 0) is 20.9 Å². The fraction of sp³-hybridized carbons (Fsp3) is 0.381. The van der Waals surface area contributed by atoms with E-state index >= 15 is 0 Å². The quantitative estimate of drug-likeness (QED) is 0.709. The topological polar surface area (TPSA) is 87.7 Å². The molecular formula is C21H25N3O4S. The third kappa shape index (κ3) is 6.05. The van der Waals surface area contributed by atoms with Crippen molar-refractivity contribution in [1.82, 2.24) is 10.2 Å². The first kappa shape index (κ1) is 20.9. The Kier molecular flexibility index (Phi) is 7.24. The summed E-state index contributed by atoms with van der Waals surface area (Å²) in [6.45, 7) is 2.94. The highest BCUT2D eigenvalue weighted by Crippen LogP contribution is 2.20. The van der Waals surface area contributed by atoms with Gasteiger partial charge in [0.05, 0.1) is 12.5 Å². The number of esters is 1. The van der Waals surface area contributed by atoms with Crippen molar-refractivity contribution in [2.24, 2.45) is 5.92 Å². The van der Waals surface area contributed by atoms with Crippen LogP contribution in [0.4, 0.5) is 10.5 Å². The molecule has 0 bridgehead atoms. The molecule has 2 aromatic rings. The normalized spacial score (nSPS) is 15.4. The predicted molar refractivity (Wildman–Crippen MR) is 111 cm³/mol. The number of hydrogen-bond acceptors (Lipinski definition) is 5. The summed E-state index contributed by atoms with van der Waals surface area (Å²) in [5.41, 5.74) is 0.737. The third-order valence-corrected chi connectivity index (χ3v) is 5.70. The van der Waals surface area contributed by atoms with Crippen LogP contribution in [0.2, 0.25) is 0 Å². The molecule has 1 aromatic heterocycles. The first-order valence-corrected chi connectivity index (χ1v) is 10.5. The molecule has 1 fully saturated rings. The number of hydrogen-bond donors (Lipinski definition) is 2. The van der Waals surface area contributed by atoms with E-state index in [1.54, 1.807) is 23.2 Å². The maximum absolute atomic E-state index is 12.4. The van der Waals surface area contributed by atoms with Gasteiger partial charge in [-0.05, 0) is 43.3 Å². The molecule has 8 heteroatoms. The molecule has 0 aliphatic carbocycles. The Bertz CT molecular complexity index is 818. The van der Waals surface area contributed by atoms with Gasteiger partial charge in [-0.3, -0.25) is 9.59 Å². The number of ether oxygens (including phenoxy) is 1. The van der Waals surface area contributed by atoms with Gasteiger partial charge >= 0.3 is 12.0 Å². The number of amides is 3. The highest BCUT2D eigenvalue weighted by Gasteiger charge is 2.30. The molecule has 1 aromatic carbocycles. The Balaban J connectivity index is 1.40. The van der Waals surface area contributed by atoms with Gasteiger partial charge in [0.15, 0.2) is 6.10 Å². The molecule has 0 radical (unpaired) electrons. The van der Waals surface area contributed by atoms with Crippen LogP contribution in [0.15, 0.2) is 47.8 Å². The van der Waals surface area contributed by atoms with E-state index in [9.17, 15) is 14.4 Å². The average Bonchev–Trinajstić information content (AvgIpc) is 3.26. The zero-order valence-electron chi connectivity index (χ0n) is 16.3. The summed E-state index contributed by atoms with van der Waals surface area (Å²) < 4.78 is 5.35. The molecule has 1 atom stereocenters. The second-order valence-electron chi connectivity index (χ2n) is 6.93. The summed E-state index contributed by atoms with van der Waals surface area (Å²) in [6.07, 6.45) is 0.191. The van der Waals surface area contributed by atoms with Crippen molar-refractivity contribution in [2.45, 2.75) is 32.4 Å². The number of para-hydroxylation sites is 1. The van der Waals surface area contributed by atoms with Crippen molar-refractivity contribution >= 4 is 34.9 Å². The lowest BCUT2D eigenvalue weighted by Crippen LogP contribution is -2.44. The Morgan fingerprint density at radius 3 is 2.52 bits per heavy atom. The molecule has 0 spiro atoms. The smallest absolute Gasteiger partial charge is 0.321 e. The summed E-state index contributed by atoms with van der Waals surface area (Å²) in [6, 6.07) is 12.9. The first-order valence-electron chi connectivity index (χ1n) is 9.64. The summed E-state index contributed by atoms with van der Waals surface area (Å²) in [5.74, 6) is -0.998. The van der Waals surface area contributed by atoms with Crippen molar-refractivity contribution in [3.05, 3.63) is 52.7 Å². The summed E-state index contributed by atoms with van der Waals surface area (Å²) in [4.78, 5) is 39.6. The molecule has 1 aliphatic rings. The zero-order valence-corrected chi connectivity index (χ0v) is 17.1. The molecule has 154 valence electrons. The average molecular weight is 416 g/mol. The van der Waals surface area contributed by atoms with E-state index in [1.165, 1.54) is 0 Å². The van der Waals surface area contributed by atoms with E-state index in [0.29, 0.717) is 32.5 Å². The first-order chi connectivity index (χ1) is 14.0. The minimum atomic E-state index is -0.845. The molecule has 3 rings (SSSR count). The van der Waals surface area contributed by atoms with Crippen molar-refractivity contribution in [1.29, 1.82) is 0 Å². The minimum absolute atomic E-state index is 0.177. The number of anilines is 1. The third-order valence-electron chi connectivity index (χ3n) is 4.82. The Morgan fingerprint density at radius 1 is 1.14 bits per heavy atom. The Hall–Kier alpha value is -2.87. The van der Waals surface area contributed by atoms with Gasteiger partial charge in [-0.2, -0.15) is 0 Å². The van der Waals surface area contributed by atoms with Gasteiger partial charge in [0.25, 0.3) is 5.91 Å². The number of urea groups is 1. The maximum Gasteiger partial charge on any atom is 0.321 e. The van der Waals surface area contributed by atoms with Crippen LogP contribution in [-0.4, -0.2) is 42.0 Å². The van der Waals surface area contributed by atoms with Crippen LogP contribution in [0.1, 0.15) is 24.6 Å². The van der Waals surface area contributed by atoms with Gasteiger partial charge in [0, 0.05) is 23.7 Å². The number of thiophene rings is 1. The van der Waals surface area contributed by atoms with Crippen LogP contribution in [0.3, 0.4) is 0 Å². The van der Waals surface area contributed by atoms with Crippen molar-refractivity contribution in [3.63, 3.8) is 0 Å². The summed E-state index contributed by atoms with van der Waals surface area (Å²) in [7, 11) is 0. The van der Waals surface area contributed by atoms with Crippen LogP contribution in [0.5, 0.6) is 0 Å². The predicted octanol–water partition coefficient (Wildman–Crippen LogP) is 3.24. The zero-order chi connectivity index (χ0) is 20.6. The number of piperidine rings is 1. The minimum Gasteiger partial charge on any atom is -0.452 e. The highest BCUT2D eigenvalue weighted by atomic mass is 32.1. The van der Waals surface area contributed by atoms with Crippen molar-refractivity contribution < 1.29 is 19.1 Å². The van der Waals surface area contributed by atoms with Gasteiger partial charge < -0.3 is 20.3 Å². The summed E-state index contributed by atoms with van der Waals surface area (Å²) in [5, 5.41) is 7.56. The van der Waals surface area contributed by atoms with E-state index in [0.717, 1.165) is 10.6 Å². The molecule has 1 aliphatic heterocycles. The molecule has 0 saturated carbocycles. The number of rotatable bonds is 6. The lowest BCUT2D eigenvalue weighted by atomic mass is 9.97. The molecule has 3 amide bonds. The van der Waals surface area contributed by atoms with E-state index in [4.69, 9.17) is 4.74 Å². The molecule has 0 unspecified atom stereocenters. The van der Waals surface area contributed by atoms with E-state index in [-0.39, 0.29) is 23.8 Å². The maximum atomic E-state index is 12.4. The molecule has 29 heavy (non-hydrogen) atoms. The van der Waals surface area contributed by atoms with Crippen LogP contribution >= 0.6 is 11.3 Å². The van der Waals surface area contributed by atoms with E-state index in [2.05, 4.69) is 10.6 Å². The van der Waals surface area contributed by atoms with Crippen LogP contribution in [0.25, 0.3) is 0 Å². The van der Waals surface area contributed by atoms with Crippen molar-refractivity contribution in [2.75, 3.05) is 18.4 Å². The molecule has 2 heterocycles. The molecule has 1 saturated heterocycles. The fourth-order valence-corrected chi connectivity index (χ4v) is 3.74. The number of likely N-dealkylation sites (tertiary alicyclic amines) is 1. The van der Waals surface area contributed by atoms with Crippen molar-refractivity contribution in [3.8, 4) is 0 Å². The van der Waals surface area contributed by atoms with Gasteiger partial charge in [-0.15, -0.1) is 11.3 Å². The number of nitrogens with one attached hydrogen (secondary N) is 2. The lowest BCUT2D eigenvalue weighted by molar-refractivity contribution is -0.160. The second kappa shape index (κ2) is 10.1. The molecule has 7 nitrogen and oxygen atoms in total. The molecule has 2 N–H and O–H groups in total. The van der Waals surface area contributed by atoms with Crippen LogP contribution in [0, 0.1) is 5.92 Å². The fourth-order valence-electron chi connectivity index (χ4n) is 3.10. The van der Waals surface area contributed by atoms with Crippen LogP contribution < -0.4 is 10.6 Å². The number of nitrogens with zero attached hydrogens (tertiary/aromatic N) is 1. The van der Waals surface area contributed by atoms with Gasteiger partial charge in [0.1, 0.15) is 0 Å². The Labute approximate surface area is 174 Å². The van der Waals surface area contributed by atoms with Gasteiger partial charge in [-0.1, -0.05) is 24.3 Å². The molecular weight excluding hydrogens is 390 g/mol. The van der Waals surface area contributed by atoms with E-state index < -0.39 is 6.10 Å². The number of benzene rings is 1. The standard InChI is InChI=1S/C21H25N3O4S/c1-15(19(25)22-14-18-8-5-13-29-18)28-20(26)16-9-11-24(12-10-16)21(27)23-17-6-3-2-4-7-17/h2-8,13,15-16H,9-12,14H2,1H3,(H,22,25)(H,23,27)/t15-/m0/s1. The van der Waals surface area contributed by atoms with Gasteiger partial charge in [0.2, 0.25) is 0 Å². The largest absolute Gasteiger partial charge is 0.452 e. The SMILES string of the molecule is C[C@H](OC(=O)C1CCN(C(=O)Nc2ccccc2)CC1)C(=O)NCc1cccs1. The summed E-state index contributed by atoms with van der Waals surface area (Å²) >= 11 is 1.56. The van der Waals surface area contributed by atoms with Gasteiger partial charge in [-0.25, -0.2) is 4.79 Å². The highest BCUT2D eigenvalue weighted by molar-refractivity contribution is 7.09. The monoisotopic (exact) mass is 415 g/mol. The Morgan fingerprint density at radius 2 is 1.86 bits per heavy atom. The second-order valence-corrected chi connectivity index (χ2v) is 7.97. The number of carbonyl (C=O) groups is 3. The number of carbonyl (C=O) groups excluding carboxylic acids is 3.